The van der Waals surface area contributed by atoms with Crippen LogP contribution >= 0.6 is 0 Å². The van der Waals surface area contributed by atoms with Crippen LogP contribution in [0.3, 0.4) is 0 Å². The molecule has 0 aliphatic carbocycles. The van der Waals surface area contributed by atoms with Gasteiger partial charge in [-0.15, -0.1) is 0 Å². The van der Waals surface area contributed by atoms with Crippen molar-refractivity contribution in [2.24, 2.45) is 0 Å². The molecule has 2 N–H and O–H groups in total. The largest absolute Gasteiger partial charge is 0.381 e. The van der Waals surface area contributed by atoms with Gasteiger partial charge >= 0.3 is 0 Å². The Morgan fingerprint density at radius 1 is 1.33 bits per heavy atom. The van der Waals surface area contributed by atoms with Crippen molar-refractivity contribution in [1.29, 1.82) is 0 Å². The third-order valence-corrected chi connectivity index (χ3v) is 2.98. The number of anilines is 1. The van der Waals surface area contributed by atoms with Gasteiger partial charge in [-0.1, -0.05) is 29.4 Å². The Hall–Kier alpha value is -1.81. The molecule has 4 nitrogen and oxygen atoms in total. The molecule has 0 aliphatic rings. The monoisotopic (exact) mass is 246 g/mol. The van der Waals surface area contributed by atoms with Gasteiger partial charge in [-0.3, -0.25) is 0 Å². The lowest BCUT2D eigenvalue weighted by Gasteiger charge is -2.23. The van der Waals surface area contributed by atoms with E-state index in [1.165, 1.54) is 0 Å². The average Bonchev–Trinajstić information content (AvgIpc) is 2.76. The molecule has 4 heteroatoms. The number of rotatable bonds is 4. The van der Waals surface area contributed by atoms with Crippen LogP contribution in [0, 0.1) is 0 Å². The van der Waals surface area contributed by atoms with Gasteiger partial charge in [0.25, 0.3) is 0 Å². The van der Waals surface area contributed by atoms with Crippen LogP contribution in [-0.2, 0) is 11.2 Å². The third kappa shape index (κ3) is 2.71. The second kappa shape index (κ2) is 4.82. The number of benzene rings is 1. The summed E-state index contributed by atoms with van der Waals surface area (Å²) in [5, 5.41) is 3.72. The van der Waals surface area contributed by atoms with E-state index < -0.39 is 0 Å². The van der Waals surface area contributed by atoms with Crippen molar-refractivity contribution < 1.29 is 9.26 Å². The Morgan fingerprint density at radius 3 is 2.67 bits per heavy atom. The summed E-state index contributed by atoms with van der Waals surface area (Å²) in [7, 11) is 1.72. The van der Waals surface area contributed by atoms with Gasteiger partial charge in [0.05, 0.1) is 5.60 Å². The van der Waals surface area contributed by atoms with Crippen molar-refractivity contribution in [1.82, 2.24) is 5.16 Å². The van der Waals surface area contributed by atoms with E-state index in [2.05, 4.69) is 25.1 Å². The number of hydrogen-bond acceptors (Lipinski definition) is 4. The molecule has 0 saturated heterocycles. The summed E-state index contributed by atoms with van der Waals surface area (Å²) >= 11 is 0. The normalized spacial score (nSPS) is 11.7. The zero-order valence-electron chi connectivity index (χ0n) is 10.9. The van der Waals surface area contributed by atoms with Crippen molar-refractivity contribution in [3.8, 4) is 11.3 Å². The van der Waals surface area contributed by atoms with Crippen LogP contribution < -0.4 is 5.73 Å². The average molecular weight is 246 g/mol. The third-order valence-electron chi connectivity index (χ3n) is 2.98. The van der Waals surface area contributed by atoms with E-state index in [9.17, 15) is 0 Å². The van der Waals surface area contributed by atoms with Crippen LogP contribution in [0.15, 0.2) is 34.9 Å². The van der Waals surface area contributed by atoms with Crippen molar-refractivity contribution in [3.05, 3.63) is 35.9 Å². The standard InChI is InChI=1S/C14H18N2O2/c1-14(2,17-3)9-10-6-4-5-7-11(10)12-8-13(15)16-18-12/h4-8H,9H2,1-3H3,(H2,15,16). The van der Waals surface area contributed by atoms with E-state index in [4.69, 9.17) is 15.0 Å². The van der Waals surface area contributed by atoms with Crippen molar-refractivity contribution in [2.45, 2.75) is 25.9 Å². The molecular weight excluding hydrogens is 228 g/mol. The van der Waals surface area contributed by atoms with Gasteiger partial charge < -0.3 is 15.0 Å². The molecule has 0 unspecified atom stereocenters. The van der Waals surface area contributed by atoms with Crippen LogP contribution in [-0.4, -0.2) is 17.9 Å². The van der Waals surface area contributed by atoms with Crippen molar-refractivity contribution in [2.75, 3.05) is 12.8 Å². The first-order valence-corrected chi connectivity index (χ1v) is 5.87. The summed E-state index contributed by atoms with van der Waals surface area (Å²) in [4.78, 5) is 0. The molecule has 1 aromatic heterocycles. The summed E-state index contributed by atoms with van der Waals surface area (Å²) in [5.74, 6) is 1.08. The Bertz CT molecular complexity index is 532. The predicted octanol–water partition coefficient (Wildman–Crippen LogP) is 2.89. The highest BCUT2D eigenvalue weighted by Crippen LogP contribution is 2.28. The van der Waals surface area contributed by atoms with E-state index in [0.29, 0.717) is 11.6 Å². The van der Waals surface area contributed by atoms with E-state index >= 15 is 0 Å². The number of methoxy groups -OCH3 is 1. The number of hydrogen-bond donors (Lipinski definition) is 1. The number of aromatic nitrogens is 1. The van der Waals surface area contributed by atoms with Crippen LogP contribution in [0.5, 0.6) is 0 Å². The van der Waals surface area contributed by atoms with Gasteiger partial charge in [0.1, 0.15) is 0 Å². The van der Waals surface area contributed by atoms with Crippen LogP contribution in [0.2, 0.25) is 0 Å². The molecule has 0 aliphatic heterocycles. The van der Waals surface area contributed by atoms with Gasteiger partial charge in [0.2, 0.25) is 0 Å². The molecule has 0 bridgehead atoms. The Labute approximate surface area is 107 Å². The highest BCUT2D eigenvalue weighted by atomic mass is 16.5. The first kappa shape index (κ1) is 12.6. The smallest absolute Gasteiger partial charge is 0.169 e. The molecule has 1 aromatic carbocycles. The lowest BCUT2D eigenvalue weighted by molar-refractivity contribution is 0.0233. The van der Waals surface area contributed by atoms with E-state index in [1.807, 2.05) is 18.2 Å². The molecule has 2 rings (SSSR count). The summed E-state index contributed by atoms with van der Waals surface area (Å²) in [6.07, 6.45) is 0.792. The molecule has 18 heavy (non-hydrogen) atoms. The van der Waals surface area contributed by atoms with Gasteiger partial charge in [0.15, 0.2) is 11.6 Å². The maximum absolute atomic E-state index is 5.59. The molecule has 96 valence electrons. The topological polar surface area (TPSA) is 61.3 Å². The zero-order chi connectivity index (χ0) is 13.2. The Balaban J connectivity index is 2.37. The van der Waals surface area contributed by atoms with Gasteiger partial charge in [-0.05, 0) is 19.4 Å². The Kier molecular flexibility index (Phi) is 3.39. The zero-order valence-corrected chi connectivity index (χ0v) is 10.9. The summed E-state index contributed by atoms with van der Waals surface area (Å²) in [5.41, 5.74) is 7.53. The maximum atomic E-state index is 5.59. The van der Waals surface area contributed by atoms with E-state index in [1.54, 1.807) is 13.2 Å². The van der Waals surface area contributed by atoms with Gasteiger partial charge in [-0.2, -0.15) is 0 Å². The summed E-state index contributed by atoms with van der Waals surface area (Å²) in [6.45, 7) is 4.11. The van der Waals surface area contributed by atoms with Gasteiger partial charge in [-0.25, -0.2) is 0 Å². The van der Waals surface area contributed by atoms with E-state index in [0.717, 1.165) is 17.5 Å². The van der Waals surface area contributed by atoms with Crippen LogP contribution in [0.1, 0.15) is 19.4 Å². The van der Waals surface area contributed by atoms with Crippen molar-refractivity contribution >= 4 is 5.82 Å². The molecule has 1 heterocycles. The molecule has 0 saturated carbocycles. The minimum atomic E-state index is -0.221. The van der Waals surface area contributed by atoms with Crippen LogP contribution in [0.25, 0.3) is 11.3 Å². The van der Waals surface area contributed by atoms with Crippen LogP contribution in [0.4, 0.5) is 5.82 Å². The minimum Gasteiger partial charge on any atom is -0.381 e. The number of nitrogens with zero attached hydrogens (tertiary/aromatic N) is 1. The predicted molar refractivity (Wildman–Crippen MR) is 71.1 cm³/mol. The molecule has 0 radical (unpaired) electrons. The highest BCUT2D eigenvalue weighted by Gasteiger charge is 2.20. The highest BCUT2D eigenvalue weighted by molar-refractivity contribution is 5.64. The summed E-state index contributed by atoms with van der Waals surface area (Å²) < 4.78 is 10.7. The lowest BCUT2D eigenvalue weighted by Crippen LogP contribution is -2.25. The number of ether oxygens (including phenoxy) is 1. The first-order chi connectivity index (χ1) is 8.52. The molecular formula is C14H18N2O2. The fraction of sp³-hybridized carbons (Fsp3) is 0.357. The van der Waals surface area contributed by atoms with E-state index in [-0.39, 0.29) is 5.60 Å². The quantitative estimate of drug-likeness (QED) is 0.901. The second-order valence-electron chi connectivity index (χ2n) is 4.91. The minimum absolute atomic E-state index is 0.221. The summed E-state index contributed by atoms with van der Waals surface area (Å²) in [6, 6.07) is 9.77. The fourth-order valence-corrected chi connectivity index (χ4v) is 1.86. The molecule has 0 amide bonds. The van der Waals surface area contributed by atoms with Gasteiger partial charge in [0, 0.05) is 25.2 Å². The molecule has 0 fully saturated rings. The Morgan fingerprint density at radius 2 is 2.06 bits per heavy atom. The molecule has 0 atom stereocenters. The number of nitrogens with two attached hydrogens (primary N) is 1. The fourth-order valence-electron chi connectivity index (χ4n) is 1.86. The lowest BCUT2D eigenvalue weighted by atomic mass is 9.93. The maximum Gasteiger partial charge on any atom is 0.169 e. The van der Waals surface area contributed by atoms with Crippen molar-refractivity contribution in [3.63, 3.8) is 0 Å². The molecule has 0 spiro atoms. The second-order valence-corrected chi connectivity index (χ2v) is 4.91. The molecule has 2 aromatic rings. The SMILES string of the molecule is COC(C)(C)Cc1ccccc1-c1cc(N)no1. The first-order valence-electron chi connectivity index (χ1n) is 5.87. The number of nitrogen functional groups attached to an aromatic ring is 1.